The topological polar surface area (TPSA) is 93.5 Å². The Bertz CT molecular complexity index is 1310. The van der Waals surface area contributed by atoms with Gasteiger partial charge in [-0.1, -0.05) is 0 Å². The molecule has 2 aromatic heterocycles. The van der Waals surface area contributed by atoms with Gasteiger partial charge in [0.1, 0.15) is 6.61 Å². The maximum absolute atomic E-state index is 13.1. The molecule has 2 N–H and O–H groups in total. The number of aliphatic hydroxyl groups excluding tert-OH is 1. The molecule has 3 aromatic rings. The van der Waals surface area contributed by atoms with Crippen molar-refractivity contribution in [1.82, 2.24) is 9.55 Å². The minimum Gasteiger partial charge on any atom is -0.458 e. The van der Waals surface area contributed by atoms with Gasteiger partial charge >= 0.3 is 5.97 Å². The predicted molar refractivity (Wildman–Crippen MR) is 107 cm³/mol. The van der Waals surface area contributed by atoms with Crippen molar-refractivity contribution in [2.45, 2.75) is 38.5 Å². The number of carbonyl (C=O) groups excluding carboxylic acids is 1. The van der Waals surface area contributed by atoms with E-state index in [1.54, 1.807) is 10.6 Å². The highest BCUT2D eigenvalue weighted by molar-refractivity contribution is 5.94. The molecular formula is C22H19N3O4. The largest absolute Gasteiger partial charge is 0.458 e. The van der Waals surface area contributed by atoms with E-state index in [0.717, 1.165) is 41.7 Å². The number of benzene rings is 1. The summed E-state index contributed by atoms with van der Waals surface area (Å²) in [6.45, 7) is 0.362. The number of hydrogen-bond acceptors (Lipinski definition) is 6. The number of carbonyl (C=O) groups is 1. The molecule has 0 bridgehead atoms. The second-order valence-electron chi connectivity index (χ2n) is 7.87. The van der Waals surface area contributed by atoms with Crippen LogP contribution in [-0.2, 0) is 35.5 Å². The van der Waals surface area contributed by atoms with Crippen molar-refractivity contribution >= 4 is 22.6 Å². The number of ether oxygens (including phenoxy) is 1. The van der Waals surface area contributed by atoms with Crippen LogP contribution < -0.4 is 10.9 Å². The number of rotatable bonds is 1. The predicted octanol–water partition coefficient (Wildman–Crippen LogP) is 2.05. The van der Waals surface area contributed by atoms with Crippen LogP contribution in [0.1, 0.15) is 40.3 Å². The summed E-state index contributed by atoms with van der Waals surface area (Å²) in [6.07, 6.45) is 1.59. The van der Waals surface area contributed by atoms with Gasteiger partial charge in [-0.05, 0) is 48.6 Å². The lowest BCUT2D eigenvalue weighted by atomic mass is 9.86. The molecule has 3 aliphatic rings. The smallest absolute Gasteiger partial charge is 0.340 e. The van der Waals surface area contributed by atoms with Gasteiger partial charge in [-0.2, -0.15) is 0 Å². The third-order valence-corrected chi connectivity index (χ3v) is 6.47. The maximum Gasteiger partial charge on any atom is 0.340 e. The van der Waals surface area contributed by atoms with Gasteiger partial charge < -0.3 is 19.7 Å². The van der Waals surface area contributed by atoms with Gasteiger partial charge in [0.25, 0.3) is 5.56 Å². The number of nitrogens with one attached hydrogen (secondary N) is 1. The van der Waals surface area contributed by atoms with Gasteiger partial charge in [0.15, 0.2) is 6.10 Å². The first-order chi connectivity index (χ1) is 14.1. The monoisotopic (exact) mass is 389 g/mol. The molecule has 146 valence electrons. The third-order valence-electron chi connectivity index (χ3n) is 6.47. The van der Waals surface area contributed by atoms with Crippen LogP contribution in [0.4, 0.5) is 5.69 Å². The molecule has 0 fully saturated rings. The SMILES string of the molecule is CNc1ccc2nc3c(c4c2c1CCC4)Cn1c-3cc2c(c1=O)COC(=O)[C@H]2O. The number of aliphatic hydroxyl groups is 1. The van der Waals surface area contributed by atoms with Crippen molar-refractivity contribution in [3.63, 3.8) is 0 Å². The quantitative estimate of drug-likeness (QED) is 0.484. The highest BCUT2D eigenvalue weighted by Gasteiger charge is 2.35. The first-order valence-corrected chi connectivity index (χ1v) is 9.85. The van der Waals surface area contributed by atoms with Crippen LogP contribution >= 0.6 is 0 Å². The van der Waals surface area contributed by atoms with E-state index in [2.05, 4.69) is 11.4 Å². The number of hydrogen-bond donors (Lipinski definition) is 2. The minimum atomic E-state index is -1.43. The van der Waals surface area contributed by atoms with Crippen LogP contribution in [-0.4, -0.2) is 27.7 Å². The normalized spacial score (nSPS) is 18.8. The number of fused-ring (bicyclic) bond motifs is 5. The summed E-state index contributed by atoms with van der Waals surface area (Å²) < 4.78 is 6.67. The fourth-order valence-electron chi connectivity index (χ4n) is 5.10. The van der Waals surface area contributed by atoms with E-state index in [9.17, 15) is 14.7 Å². The highest BCUT2D eigenvalue weighted by Crippen LogP contribution is 2.42. The number of aryl methyl sites for hydroxylation is 2. The molecule has 2 aliphatic heterocycles. The summed E-state index contributed by atoms with van der Waals surface area (Å²) in [4.78, 5) is 29.8. The van der Waals surface area contributed by atoms with Crippen LogP contribution in [0.3, 0.4) is 0 Å². The fraction of sp³-hybridized carbons (Fsp3) is 0.318. The second kappa shape index (κ2) is 5.67. The Morgan fingerprint density at radius 1 is 1.17 bits per heavy atom. The number of cyclic esters (lactones) is 1. The number of anilines is 1. The zero-order valence-corrected chi connectivity index (χ0v) is 15.9. The van der Waals surface area contributed by atoms with Crippen LogP contribution in [0, 0.1) is 0 Å². The molecular weight excluding hydrogens is 370 g/mol. The standard InChI is InChI=1S/C22H19N3O4/c1-23-15-5-6-16-18-10(3-2-4-11(15)18)13-8-25-17(19(13)24-16)7-12-14(21(25)27)9-29-22(28)20(12)26/h5-7,20,23,26H,2-4,8-9H2,1H3/t20-/m0/s1. The average Bonchev–Trinajstić information content (AvgIpc) is 3.11. The molecule has 0 radical (unpaired) electrons. The molecule has 7 nitrogen and oxygen atoms in total. The summed E-state index contributed by atoms with van der Waals surface area (Å²) in [6, 6.07) is 5.82. The third kappa shape index (κ3) is 2.08. The lowest BCUT2D eigenvalue weighted by Crippen LogP contribution is -2.32. The van der Waals surface area contributed by atoms with Gasteiger partial charge in [-0.3, -0.25) is 4.79 Å². The van der Waals surface area contributed by atoms with Crippen LogP contribution in [0.15, 0.2) is 23.0 Å². The minimum absolute atomic E-state index is 0.0986. The number of pyridine rings is 2. The van der Waals surface area contributed by atoms with E-state index in [1.165, 1.54) is 16.5 Å². The average molecular weight is 389 g/mol. The molecule has 0 unspecified atom stereocenters. The first-order valence-electron chi connectivity index (χ1n) is 9.85. The van der Waals surface area contributed by atoms with Crippen molar-refractivity contribution < 1.29 is 14.6 Å². The van der Waals surface area contributed by atoms with Crippen molar-refractivity contribution in [1.29, 1.82) is 0 Å². The Morgan fingerprint density at radius 2 is 2.00 bits per heavy atom. The van der Waals surface area contributed by atoms with Crippen molar-refractivity contribution in [3.05, 3.63) is 56.4 Å². The van der Waals surface area contributed by atoms with E-state index in [-0.39, 0.29) is 12.2 Å². The summed E-state index contributed by atoms with van der Waals surface area (Å²) in [7, 11) is 1.93. The Balaban J connectivity index is 1.66. The Kier molecular flexibility index (Phi) is 3.27. The summed E-state index contributed by atoms with van der Waals surface area (Å²) in [5, 5.41) is 14.7. The molecule has 7 heteroatoms. The lowest BCUT2D eigenvalue weighted by molar-refractivity contribution is -0.157. The summed E-state index contributed by atoms with van der Waals surface area (Å²) in [5.41, 5.74) is 7.60. The van der Waals surface area contributed by atoms with Crippen LogP contribution in [0.2, 0.25) is 0 Å². The molecule has 0 saturated heterocycles. The van der Waals surface area contributed by atoms with Gasteiger partial charge in [0.05, 0.1) is 29.0 Å². The molecule has 4 heterocycles. The molecule has 29 heavy (non-hydrogen) atoms. The van der Waals surface area contributed by atoms with Crippen molar-refractivity contribution in [2.24, 2.45) is 0 Å². The maximum atomic E-state index is 13.1. The molecule has 1 aromatic carbocycles. The van der Waals surface area contributed by atoms with Crippen molar-refractivity contribution in [3.8, 4) is 11.4 Å². The van der Waals surface area contributed by atoms with E-state index in [1.807, 2.05) is 13.1 Å². The number of esters is 1. The summed E-state index contributed by atoms with van der Waals surface area (Å²) in [5.74, 6) is -0.717. The van der Waals surface area contributed by atoms with Gasteiger partial charge in [0.2, 0.25) is 0 Å². The van der Waals surface area contributed by atoms with Crippen molar-refractivity contribution in [2.75, 3.05) is 12.4 Å². The van der Waals surface area contributed by atoms with E-state index >= 15 is 0 Å². The van der Waals surface area contributed by atoms with E-state index < -0.39 is 12.1 Å². The zero-order chi connectivity index (χ0) is 19.9. The summed E-state index contributed by atoms with van der Waals surface area (Å²) >= 11 is 0. The number of aromatic nitrogens is 2. The molecule has 1 atom stereocenters. The molecule has 0 spiro atoms. The van der Waals surface area contributed by atoms with E-state index in [0.29, 0.717) is 23.4 Å². The molecule has 6 rings (SSSR count). The van der Waals surface area contributed by atoms with Crippen LogP contribution in [0.25, 0.3) is 22.3 Å². The fourth-order valence-corrected chi connectivity index (χ4v) is 5.10. The zero-order valence-electron chi connectivity index (χ0n) is 15.9. The Hall–Kier alpha value is -3.19. The van der Waals surface area contributed by atoms with Gasteiger partial charge in [0, 0.05) is 29.2 Å². The Labute approximate surface area is 166 Å². The van der Waals surface area contributed by atoms with Gasteiger partial charge in [-0.15, -0.1) is 0 Å². The Morgan fingerprint density at radius 3 is 2.83 bits per heavy atom. The lowest BCUT2D eigenvalue weighted by Gasteiger charge is -2.22. The molecule has 0 saturated carbocycles. The van der Waals surface area contributed by atoms with Gasteiger partial charge in [-0.25, -0.2) is 9.78 Å². The van der Waals surface area contributed by atoms with E-state index in [4.69, 9.17) is 9.72 Å². The van der Waals surface area contributed by atoms with Crippen LogP contribution in [0.5, 0.6) is 0 Å². The molecule has 1 aliphatic carbocycles. The second-order valence-corrected chi connectivity index (χ2v) is 7.87. The first kappa shape index (κ1) is 16.7. The number of nitrogens with zero attached hydrogens (tertiary/aromatic N) is 2. The molecule has 0 amide bonds. The highest BCUT2D eigenvalue weighted by atomic mass is 16.5.